The molecular weight excluding hydrogens is 266 g/mol. The zero-order valence-electron chi connectivity index (χ0n) is 12.5. The number of esters is 1. The first-order valence-electron chi connectivity index (χ1n) is 7.34. The predicted octanol–water partition coefficient (Wildman–Crippen LogP) is 2.56. The number of benzene rings is 1. The van der Waals surface area contributed by atoms with Gasteiger partial charge in [0.1, 0.15) is 6.04 Å². The summed E-state index contributed by atoms with van der Waals surface area (Å²) in [6, 6.07) is 7.50. The highest BCUT2D eigenvalue weighted by atomic mass is 16.5. The Hall–Kier alpha value is -2.10. The minimum absolute atomic E-state index is 0.133. The van der Waals surface area contributed by atoms with Crippen LogP contribution < -0.4 is 0 Å². The van der Waals surface area contributed by atoms with Crippen molar-refractivity contribution in [3.63, 3.8) is 0 Å². The van der Waals surface area contributed by atoms with E-state index in [0.29, 0.717) is 19.6 Å². The number of aryl methyl sites for hydroxylation is 1. The van der Waals surface area contributed by atoms with Gasteiger partial charge in [-0.2, -0.15) is 0 Å². The summed E-state index contributed by atoms with van der Waals surface area (Å²) in [4.78, 5) is 25.7. The molecule has 0 N–H and O–H groups in total. The third-order valence-corrected chi connectivity index (χ3v) is 3.59. The topological polar surface area (TPSA) is 46.6 Å². The number of ether oxygens (including phenoxy) is 1. The summed E-state index contributed by atoms with van der Waals surface area (Å²) in [7, 11) is 0. The molecule has 0 aliphatic carbocycles. The Labute approximate surface area is 125 Å². The smallest absolute Gasteiger partial charge is 0.328 e. The Morgan fingerprint density at radius 1 is 1.33 bits per heavy atom. The lowest BCUT2D eigenvalue weighted by Crippen LogP contribution is -2.40. The number of rotatable bonds is 4. The summed E-state index contributed by atoms with van der Waals surface area (Å²) in [5.41, 5.74) is 2.15. The van der Waals surface area contributed by atoms with Crippen LogP contribution in [0.25, 0.3) is 6.08 Å². The molecule has 0 bridgehead atoms. The molecule has 4 nitrogen and oxygen atoms in total. The van der Waals surface area contributed by atoms with Crippen LogP contribution in [0.1, 0.15) is 30.9 Å². The Kier molecular flexibility index (Phi) is 5.14. The van der Waals surface area contributed by atoms with Gasteiger partial charge in [-0.1, -0.05) is 29.8 Å². The zero-order chi connectivity index (χ0) is 15.2. The van der Waals surface area contributed by atoms with E-state index in [-0.39, 0.29) is 11.9 Å². The van der Waals surface area contributed by atoms with Crippen molar-refractivity contribution in [2.45, 2.75) is 32.7 Å². The number of amides is 1. The predicted molar refractivity (Wildman–Crippen MR) is 81.6 cm³/mol. The van der Waals surface area contributed by atoms with Gasteiger partial charge < -0.3 is 9.64 Å². The molecule has 4 heteroatoms. The lowest BCUT2D eigenvalue weighted by atomic mass is 10.1. The van der Waals surface area contributed by atoms with E-state index in [4.69, 9.17) is 4.74 Å². The molecule has 1 heterocycles. The average Bonchev–Trinajstić information content (AvgIpc) is 2.96. The summed E-state index contributed by atoms with van der Waals surface area (Å²) in [6.07, 6.45) is 4.83. The Morgan fingerprint density at radius 3 is 2.71 bits per heavy atom. The molecule has 1 aliphatic heterocycles. The van der Waals surface area contributed by atoms with Crippen molar-refractivity contribution in [3.8, 4) is 0 Å². The molecule has 21 heavy (non-hydrogen) atoms. The van der Waals surface area contributed by atoms with Crippen molar-refractivity contribution in [3.05, 3.63) is 41.5 Å². The van der Waals surface area contributed by atoms with E-state index in [1.165, 1.54) is 11.6 Å². The highest BCUT2D eigenvalue weighted by Gasteiger charge is 2.33. The van der Waals surface area contributed by atoms with Crippen LogP contribution in [0.4, 0.5) is 0 Å². The van der Waals surface area contributed by atoms with Gasteiger partial charge in [0.2, 0.25) is 5.91 Å². The van der Waals surface area contributed by atoms with Crippen LogP contribution in [0.3, 0.4) is 0 Å². The monoisotopic (exact) mass is 287 g/mol. The van der Waals surface area contributed by atoms with E-state index in [1.54, 1.807) is 17.9 Å². The van der Waals surface area contributed by atoms with E-state index in [9.17, 15) is 9.59 Å². The molecule has 1 aliphatic rings. The van der Waals surface area contributed by atoms with Crippen LogP contribution in [-0.2, 0) is 14.3 Å². The molecule has 1 aromatic carbocycles. The Balaban J connectivity index is 2.01. The van der Waals surface area contributed by atoms with Crippen LogP contribution in [-0.4, -0.2) is 36.0 Å². The molecular formula is C17H21NO3. The van der Waals surface area contributed by atoms with Crippen molar-refractivity contribution < 1.29 is 14.3 Å². The van der Waals surface area contributed by atoms with E-state index in [1.807, 2.05) is 31.2 Å². The van der Waals surface area contributed by atoms with Crippen LogP contribution in [0.2, 0.25) is 0 Å². The molecule has 1 unspecified atom stereocenters. The van der Waals surface area contributed by atoms with Gasteiger partial charge in [0.15, 0.2) is 0 Å². The van der Waals surface area contributed by atoms with E-state index in [2.05, 4.69) is 0 Å². The van der Waals surface area contributed by atoms with Gasteiger partial charge in [0.05, 0.1) is 6.61 Å². The van der Waals surface area contributed by atoms with Crippen LogP contribution >= 0.6 is 0 Å². The fourth-order valence-electron chi connectivity index (χ4n) is 2.45. The van der Waals surface area contributed by atoms with Crippen molar-refractivity contribution >= 4 is 18.0 Å². The van der Waals surface area contributed by atoms with Crippen LogP contribution in [0.15, 0.2) is 30.3 Å². The first kappa shape index (κ1) is 15.3. The lowest BCUT2D eigenvalue weighted by molar-refractivity contribution is -0.151. The fraction of sp³-hybridized carbons (Fsp3) is 0.412. The van der Waals surface area contributed by atoms with Gasteiger partial charge in [-0.15, -0.1) is 0 Å². The van der Waals surface area contributed by atoms with Gasteiger partial charge in [-0.3, -0.25) is 4.79 Å². The molecule has 0 aromatic heterocycles. The fourth-order valence-corrected chi connectivity index (χ4v) is 2.45. The minimum atomic E-state index is -0.430. The second-order valence-corrected chi connectivity index (χ2v) is 5.19. The third-order valence-electron chi connectivity index (χ3n) is 3.59. The summed E-state index contributed by atoms with van der Waals surface area (Å²) in [5, 5.41) is 0. The molecule has 0 saturated carbocycles. The van der Waals surface area contributed by atoms with Gasteiger partial charge >= 0.3 is 5.97 Å². The molecule has 1 aromatic rings. The van der Waals surface area contributed by atoms with Crippen molar-refractivity contribution in [2.75, 3.05) is 13.2 Å². The highest BCUT2D eigenvalue weighted by molar-refractivity contribution is 5.95. The number of hydrogen-bond donors (Lipinski definition) is 0. The molecule has 112 valence electrons. The van der Waals surface area contributed by atoms with Gasteiger partial charge in [-0.05, 0) is 38.3 Å². The van der Waals surface area contributed by atoms with Crippen LogP contribution in [0.5, 0.6) is 0 Å². The first-order valence-corrected chi connectivity index (χ1v) is 7.34. The number of likely N-dealkylation sites (tertiary alicyclic amines) is 1. The standard InChI is InChI=1S/C17H21NO3/c1-3-21-17(20)15-5-4-12-18(15)16(19)11-10-14-8-6-13(2)7-9-14/h6-11,15H,3-5,12H2,1-2H3. The molecule has 1 fully saturated rings. The first-order chi connectivity index (χ1) is 10.1. The van der Waals surface area contributed by atoms with Gasteiger partial charge in [0.25, 0.3) is 0 Å². The van der Waals surface area contributed by atoms with E-state index >= 15 is 0 Å². The van der Waals surface area contributed by atoms with Crippen molar-refractivity contribution in [1.29, 1.82) is 0 Å². The normalized spacial score (nSPS) is 18.2. The van der Waals surface area contributed by atoms with Gasteiger partial charge in [0, 0.05) is 12.6 Å². The molecule has 2 rings (SSSR count). The maximum absolute atomic E-state index is 12.2. The molecule has 0 radical (unpaired) electrons. The summed E-state index contributed by atoms with van der Waals surface area (Å²) in [6.45, 7) is 4.75. The largest absolute Gasteiger partial charge is 0.464 e. The number of carbonyl (C=O) groups excluding carboxylic acids is 2. The van der Waals surface area contributed by atoms with Crippen LogP contribution in [0, 0.1) is 6.92 Å². The Morgan fingerprint density at radius 2 is 2.05 bits per heavy atom. The highest BCUT2D eigenvalue weighted by Crippen LogP contribution is 2.19. The molecule has 1 atom stereocenters. The molecule has 1 saturated heterocycles. The quantitative estimate of drug-likeness (QED) is 0.631. The second kappa shape index (κ2) is 7.07. The second-order valence-electron chi connectivity index (χ2n) is 5.19. The third kappa shape index (κ3) is 3.94. The molecule has 1 amide bonds. The number of nitrogens with zero attached hydrogens (tertiary/aromatic N) is 1. The minimum Gasteiger partial charge on any atom is -0.464 e. The van der Waals surface area contributed by atoms with Gasteiger partial charge in [-0.25, -0.2) is 4.79 Å². The zero-order valence-corrected chi connectivity index (χ0v) is 12.5. The summed E-state index contributed by atoms with van der Waals surface area (Å²) < 4.78 is 5.03. The summed E-state index contributed by atoms with van der Waals surface area (Å²) in [5.74, 6) is -0.432. The van der Waals surface area contributed by atoms with E-state index in [0.717, 1.165) is 12.0 Å². The molecule has 0 spiro atoms. The SMILES string of the molecule is CCOC(=O)C1CCCN1C(=O)C=Cc1ccc(C)cc1. The summed E-state index contributed by atoms with van der Waals surface area (Å²) >= 11 is 0. The average molecular weight is 287 g/mol. The van der Waals surface area contributed by atoms with Crippen molar-refractivity contribution in [1.82, 2.24) is 4.90 Å². The Bertz CT molecular complexity index is 533. The van der Waals surface area contributed by atoms with E-state index < -0.39 is 6.04 Å². The number of carbonyl (C=O) groups is 2. The maximum Gasteiger partial charge on any atom is 0.328 e. The lowest BCUT2D eigenvalue weighted by Gasteiger charge is -2.21. The van der Waals surface area contributed by atoms with Crippen molar-refractivity contribution in [2.24, 2.45) is 0 Å². The number of hydrogen-bond acceptors (Lipinski definition) is 3. The maximum atomic E-state index is 12.2.